The first-order chi connectivity index (χ1) is 8.66. The van der Waals surface area contributed by atoms with E-state index in [0.29, 0.717) is 12.2 Å². The summed E-state index contributed by atoms with van der Waals surface area (Å²) in [4.78, 5) is 20.1. The molecule has 0 N–H and O–H groups in total. The van der Waals surface area contributed by atoms with Crippen molar-refractivity contribution in [1.82, 2.24) is 14.5 Å². The van der Waals surface area contributed by atoms with Gasteiger partial charge in [0.05, 0.1) is 18.0 Å². The molecule has 3 rings (SSSR count). The van der Waals surface area contributed by atoms with Crippen LogP contribution in [-0.4, -0.2) is 20.3 Å². The predicted octanol–water partition coefficient (Wildman–Crippen LogP) is 2.58. The highest BCUT2D eigenvalue weighted by atomic mass is 16.1. The van der Waals surface area contributed by atoms with E-state index < -0.39 is 0 Å². The molecule has 4 nitrogen and oxygen atoms in total. The Balaban J connectivity index is 1.89. The number of carbonyl (C=O) groups is 1. The summed E-state index contributed by atoms with van der Waals surface area (Å²) in [5.41, 5.74) is 2.10. The lowest BCUT2D eigenvalue weighted by molar-refractivity contribution is -0.123. The molecular formula is C14H17N3O. The van der Waals surface area contributed by atoms with Crippen molar-refractivity contribution >= 4 is 16.8 Å². The summed E-state index contributed by atoms with van der Waals surface area (Å²) in [7, 11) is 0. The Kier molecular flexibility index (Phi) is 2.65. The Labute approximate surface area is 106 Å². The van der Waals surface area contributed by atoms with E-state index in [-0.39, 0.29) is 5.41 Å². The number of carbonyl (C=O) groups excluding carboxylic acids is 1. The molecule has 0 bridgehead atoms. The number of imidazole rings is 1. The molecule has 0 spiro atoms. The Morgan fingerprint density at radius 3 is 3.22 bits per heavy atom. The zero-order valence-corrected chi connectivity index (χ0v) is 10.6. The van der Waals surface area contributed by atoms with Crippen LogP contribution in [0.15, 0.2) is 24.8 Å². The van der Waals surface area contributed by atoms with Gasteiger partial charge in [-0.25, -0.2) is 4.98 Å². The van der Waals surface area contributed by atoms with Gasteiger partial charge in [-0.1, -0.05) is 6.92 Å². The Hall–Kier alpha value is -1.71. The summed E-state index contributed by atoms with van der Waals surface area (Å²) < 4.78 is 2.15. The zero-order chi connectivity index (χ0) is 12.6. The molecule has 0 aromatic carbocycles. The van der Waals surface area contributed by atoms with Crippen LogP contribution in [-0.2, 0) is 11.3 Å². The quantitative estimate of drug-likeness (QED) is 0.814. The van der Waals surface area contributed by atoms with E-state index in [9.17, 15) is 4.79 Å². The molecule has 18 heavy (non-hydrogen) atoms. The van der Waals surface area contributed by atoms with Gasteiger partial charge in [-0.05, 0) is 24.3 Å². The summed E-state index contributed by atoms with van der Waals surface area (Å²) >= 11 is 0. The molecule has 1 atom stereocenters. The Morgan fingerprint density at radius 1 is 1.50 bits per heavy atom. The lowest BCUT2D eigenvalue weighted by atomic mass is 9.75. The van der Waals surface area contributed by atoms with Crippen molar-refractivity contribution in [2.45, 2.75) is 39.2 Å². The van der Waals surface area contributed by atoms with Gasteiger partial charge in [0.2, 0.25) is 0 Å². The van der Waals surface area contributed by atoms with Crippen molar-refractivity contribution < 1.29 is 4.79 Å². The highest BCUT2D eigenvalue weighted by Gasteiger charge is 2.31. The molecule has 4 heteroatoms. The summed E-state index contributed by atoms with van der Waals surface area (Å²) in [6.45, 7) is 3.07. The van der Waals surface area contributed by atoms with E-state index in [0.717, 1.165) is 36.8 Å². The molecule has 0 aliphatic heterocycles. The maximum atomic E-state index is 11.6. The molecule has 1 saturated carbocycles. The van der Waals surface area contributed by atoms with Gasteiger partial charge < -0.3 is 4.57 Å². The van der Waals surface area contributed by atoms with Crippen LogP contribution in [0.25, 0.3) is 11.0 Å². The molecular weight excluding hydrogens is 226 g/mol. The SMILES string of the molecule is CC1(Cn2cnc3cnccc32)CCCC(=O)C1. The smallest absolute Gasteiger partial charge is 0.133 e. The molecule has 2 aromatic rings. The van der Waals surface area contributed by atoms with Crippen LogP contribution >= 0.6 is 0 Å². The second-order valence-corrected chi connectivity index (χ2v) is 5.62. The fourth-order valence-corrected chi connectivity index (χ4v) is 2.95. The molecule has 2 aromatic heterocycles. The van der Waals surface area contributed by atoms with Crippen LogP contribution < -0.4 is 0 Å². The van der Waals surface area contributed by atoms with Gasteiger partial charge >= 0.3 is 0 Å². The van der Waals surface area contributed by atoms with E-state index in [4.69, 9.17) is 0 Å². The number of rotatable bonds is 2. The minimum Gasteiger partial charge on any atom is -0.330 e. The number of aromatic nitrogens is 3. The second kappa shape index (κ2) is 4.19. The zero-order valence-electron chi connectivity index (χ0n) is 10.6. The number of Topliss-reactive ketones (excluding diaryl/α,β-unsaturated/α-hetero) is 1. The number of ketones is 1. The molecule has 2 heterocycles. The third-order valence-corrected chi connectivity index (χ3v) is 3.84. The molecule has 0 amide bonds. The van der Waals surface area contributed by atoms with Crippen LogP contribution in [0, 0.1) is 5.41 Å². The van der Waals surface area contributed by atoms with E-state index in [1.165, 1.54) is 0 Å². The number of fused-ring (bicyclic) bond motifs is 1. The van der Waals surface area contributed by atoms with Gasteiger partial charge in [-0.2, -0.15) is 0 Å². The minimum atomic E-state index is 0.0756. The topological polar surface area (TPSA) is 47.8 Å². The average Bonchev–Trinajstić information content (AvgIpc) is 2.72. The highest BCUT2D eigenvalue weighted by Crippen LogP contribution is 2.36. The Bertz CT molecular complexity index is 589. The third kappa shape index (κ3) is 2.03. The molecule has 1 fully saturated rings. The van der Waals surface area contributed by atoms with Crippen molar-refractivity contribution in [3.63, 3.8) is 0 Å². The lowest BCUT2D eigenvalue weighted by Gasteiger charge is -2.33. The molecule has 1 aliphatic carbocycles. The van der Waals surface area contributed by atoms with Crippen LogP contribution in [0.4, 0.5) is 0 Å². The van der Waals surface area contributed by atoms with Crippen LogP contribution in [0.3, 0.4) is 0 Å². The van der Waals surface area contributed by atoms with Crippen LogP contribution in [0.2, 0.25) is 0 Å². The fourth-order valence-electron chi connectivity index (χ4n) is 2.95. The summed E-state index contributed by atoms with van der Waals surface area (Å²) in [6.07, 6.45) is 9.00. The monoisotopic (exact) mass is 243 g/mol. The second-order valence-electron chi connectivity index (χ2n) is 5.62. The first-order valence-corrected chi connectivity index (χ1v) is 6.43. The number of pyridine rings is 1. The number of nitrogens with zero attached hydrogens (tertiary/aromatic N) is 3. The first-order valence-electron chi connectivity index (χ1n) is 6.43. The molecule has 1 unspecified atom stereocenters. The highest BCUT2D eigenvalue weighted by molar-refractivity contribution is 5.80. The molecule has 0 radical (unpaired) electrons. The number of hydrogen-bond donors (Lipinski definition) is 0. The van der Waals surface area contributed by atoms with Crippen molar-refractivity contribution in [2.75, 3.05) is 0 Å². The van der Waals surface area contributed by atoms with Gasteiger partial charge in [-0.3, -0.25) is 9.78 Å². The third-order valence-electron chi connectivity index (χ3n) is 3.84. The largest absolute Gasteiger partial charge is 0.330 e. The van der Waals surface area contributed by atoms with Gasteiger partial charge in [0.1, 0.15) is 11.3 Å². The van der Waals surface area contributed by atoms with Crippen molar-refractivity contribution in [3.05, 3.63) is 24.8 Å². The van der Waals surface area contributed by atoms with E-state index in [1.54, 1.807) is 12.4 Å². The van der Waals surface area contributed by atoms with E-state index in [1.807, 2.05) is 12.4 Å². The van der Waals surface area contributed by atoms with Crippen LogP contribution in [0.1, 0.15) is 32.6 Å². The van der Waals surface area contributed by atoms with Gasteiger partial charge in [0.15, 0.2) is 0 Å². The predicted molar refractivity (Wildman–Crippen MR) is 69.1 cm³/mol. The fraction of sp³-hybridized carbons (Fsp3) is 0.500. The van der Waals surface area contributed by atoms with E-state index >= 15 is 0 Å². The summed E-state index contributed by atoms with van der Waals surface area (Å²) in [5.74, 6) is 0.398. The summed E-state index contributed by atoms with van der Waals surface area (Å²) in [5, 5.41) is 0. The van der Waals surface area contributed by atoms with Gasteiger partial charge in [0, 0.05) is 25.6 Å². The molecule has 1 aliphatic rings. The normalized spacial score (nSPS) is 24.6. The van der Waals surface area contributed by atoms with Crippen LogP contribution in [0.5, 0.6) is 0 Å². The van der Waals surface area contributed by atoms with E-state index in [2.05, 4.69) is 21.5 Å². The van der Waals surface area contributed by atoms with Crippen molar-refractivity contribution in [3.8, 4) is 0 Å². The first kappa shape index (κ1) is 11.4. The summed E-state index contributed by atoms with van der Waals surface area (Å²) in [6, 6.07) is 1.98. The van der Waals surface area contributed by atoms with Crippen molar-refractivity contribution in [2.24, 2.45) is 5.41 Å². The standard InChI is InChI=1S/C14H17N3O/c1-14(5-2-3-11(18)7-14)9-17-10-16-12-8-15-6-4-13(12)17/h4,6,8,10H,2-3,5,7,9H2,1H3. The van der Waals surface area contributed by atoms with Gasteiger partial charge in [-0.15, -0.1) is 0 Å². The van der Waals surface area contributed by atoms with Crippen molar-refractivity contribution in [1.29, 1.82) is 0 Å². The average molecular weight is 243 g/mol. The number of hydrogen-bond acceptors (Lipinski definition) is 3. The maximum absolute atomic E-state index is 11.6. The minimum absolute atomic E-state index is 0.0756. The van der Waals surface area contributed by atoms with Gasteiger partial charge in [0.25, 0.3) is 0 Å². The Morgan fingerprint density at radius 2 is 2.39 bits per heavy atom. The maximum Gasteiger partial charge on any atom is 0.133 e. The molecule has 94 valence electrons. The molecule has 0 saturated heterocycles. The lowest BCUT2D eigenvalue weighted by Crippen LogP contribution is -2.30.